The molecule has 2 atom stereocenters. The summed E-state index contributed by atoms with van der Waals surface area (Å²) in [6, 6.07) is 20.8. The Balaban J connectivity index is 1.70. The van der Waals surface area contributed by atoms with Crippen LogP contribution in [-0.4, -0.2) is 19.6 Å². The maximum atomic E-state index is 5.88. The van der Waals surface area contributed by atoms with E-state index in [0.717, 1.165) is 34.2 Å². The van der Waals surface area contributed by atoms with Gasteiger partial charge < -0.3 is 14.8 Å². The van der Waals surface area contributed by atoms with Gasteiger partial charge in [-0.05, 0) is 93.0 Å². The van der Waals surface area contributed by atoms with E-state index in [2.05, 4.69) is 94.9 Å². The predicted molar refractivity (Wildman–Crippen MR) is 137 cm³/mol. The molecule has 1 aliphatic rings. The van der Waals surface area contributed by atoms with E-state index in [1.807, 2.05) is 30.6 Å². The first-order chi connectivity index (χ1) is 16.0. The summed E-state index contributed by atoms with van der Waals surface area (Å²) >= 11 is 5.88. The second-order valence-corrected chi connectivity index (χ2v) is 9.03. The number of thiocarbonyl (C=S) groups is 1. The molecule has 4 heterocycles. The highest BCUT2D eigenvalue weighted by Gasteiger charge is 2.42. The number of hydrogen-bond donors (Lipinski definition) is 1. The van der Waals surface area contributed by atoms with Gasteiger partial charge >= 0.3 is 0 Å². The molecule has 1 aliphatic heterocycles. The van der Waals surface area contributed by atoms with E-state index in [0.29, 0.717) is 5.11 Å². The first-order valence-electron chi connectivity index (χ1n) is 11.1. The quantitative estimate of drug-likeness (QED) is 0.403. The van der Waals surface area contributed by atoms with Crippen LogP contribution in [-0.2, 0) is 0 Å². The second-order valence-electron chi connectivity index (χ2n) is 8.64. The van der Waals surface area contributed by atoms with Crippen molar-refractivity contribution in [3.63, 3.8) is 0 Å². The SMILES string of the molecule is Cc1cccc(N2C(=S)N[C@H](c3ccccn3)[C@@H]2c2cc(C)n(-c3ncccc3C)c2C)c1. The number of aryl methyl sites for hydroxylation is 3. The van der Waals surface area contributed by atoms with Gasteiger partial charge in [0.15, 0.2) is 5.11 Å². The summed E-state index contributed by atoms with van der Waals surface area (Å²) in [7, 11) is 0. The number of pyridine rings is 2. The molecule has 0 bridgehead atoms. The van der Waals surface area contributed by atoms with E-state index in [1.54, 1.807) is 0 Å². The number of anilines is 1. The monoisotopic (exact) mass is 453 g/mol. The Morgan fingerprint density at radius 2 is 1.70 bits per heavy atom. The normalized spacial score (nSPS) is 17.9. The predicted octanol–water partition coefficient (Wildman–Crippen LogP) is 5.68. The van der Waals surface area contributed by atoms with Crippen LogP contribution in [0, 0.1) is 27.7 Å². The van der Waals surface area contributed by atoms with Crippen molar-refractivity contribution in [2.24, 2.45) is 0 Å². The zero-order valence-electron chi connectivity index (χ0n) is 19.3. The molecule has 1 aromatic carbocycles. The molecule has 0 amide bonds. The largest absolute Gasteiger partial charge is 0.351 e. The highest BCUT2D eigenvalue weighted by molar-refractivity contribution is 7.80. The molecule has 6 heteroatoms. The summed E-state index contributed by atoms with van der Waals surface area (Å²) in [5.74, 6) is 0.962. The molecular formula is C27H27N5S. The molecule has 33 heavy (non-hydrogen) atoms. The first kappa shape index (κ1) is 21.3. The third-order valence-electron chi connectivity index (χ3n) is 6.36. The Labute approximate surface area is 200 Å². The highest BCUT2D eigenvalue weighted by Crippen LogP contribution is 2.43. The second kappa shape index (κ2) is 8.45. The number of nitrogens with zero attached hydrogens (tertiary/aromatic N) is 4. The molecule has 1 N–H and O–H groups in total. The maximum Gasteiger partial charge on any atom is 0.174 e. The van der Waals surface area contributed by atoms with Crippen molar-refractivity contribution < 1.29 is 0 Å². The Morgan fingerprint density at radius 3 is 2.42 bits per heavy atom. The van der Waals surface area contributed by atoms with Gasteiger partial charge in [-0.2, -0.15) is 0 Å². The lowest BCUT2D eigenvalue weighted by atomic mass is 9.96. The summed E-state index contributed by atoms with van der Waals surface area (Å²) in [5, 5.41) is 4.27. The number of nitrogens with one attached hydrogen (secondary N) is 1. The molecule has 1 saturated heterocycles. The fourth-order valence-corrected chi connectivity index (χ4v) is 5.20. The van der Waals surface area contributed by atoms with Crippen LogP contribution in [0.4, 0.5) is 5.69 Å². The minimum absolute atomic E-state index is 0.0434. The average molecular weight is 454 g/mol. The fraction of sp³-hybridized carbons (Fsp3) is 0.222. The van der Waals surface area contributed by atoms with Gasteiger partial charge in [0.25, 0.3) is 0 Å². The molecule has 3 aromatic heterocycles. The molecule has 0 saturated carbocycles. The smallest absolute Gasteiger partial charge is 0.174 e. The molecule has 0 spiro atoms. The molecule has 5 rings (SSSR count). The van der Waals surface area contributed by atoms with Gasteiger partial charge in [0.2, 0.25) is 0 Å². The summed E-state index contributed by atoms with van der Waals surface area (Å²) in [6.07, 6.45) is 3.69. The van der Waals surface area contributed by atoms with E-state index in [4.69, 9.17) is 12.2 Å². The van der Waals surface area contributed by atoms with E-state index in [-0.39, 0.29) is 12.1 Å². The zero-order chi connectivity index (χ0) is 23.1. The van der Waals surface area contributed by atoms with Crippen molar-refractivity contribution in [2.75, 3.05) is 4.90 Å². The molecule has 0 unspecified atom stereocenters. The van der Waals surface area contributed by atoms with Crippen LogP contribution in [0.25, 0.3) is 5.82 Å². The maximum absolute atomic E-state index is 5.88. The first-order valence-corrected chi connectivity index (χ1v) is 11.5. The molecule has 1 fully saturated rings. The van der Waals surface area contributed by atoms with Crippen molar-refractivity contribution in [1.29, 1.82) is 0 Å². The van der Waals surface area contributed by atoms with Crippen molar-refractivity contribution in [3.8, 4) is 5.82 Å². The molecule has 0 aliphatic carbocycles. The standard InChI is InChI=1S/C27H27N5S/c1-17-9-7-11-21(15-17)32-25(24(30-27(32)33)23-12-5-6-13-28-23)22-16-19(3)31(20(22)4)26-18(2)10-8-14-29-26/h5-16,24-25H,1-4H3,(H,30,33)/t24-,25+/m1/s1. The van der Waals surface area contributed by atoms with Crippen LogP contribution in [0.1, 0.15) is 45.9 Å². The van der Waals surface area contributed by atoms with Gasteiger partial charge in [-0.15, -0.1) is 0 Å². The molecule has 5 nitrogen and oxygen atoms in total. The summed E-state index contributed by atoms with van der Waals surface area (Å²) in [6.45, 7) is 8.51. The van der Waals surface area contributed by atoms with Gasteiger partial charge in [0, 0.05) is 29.5 Å². The van der Waals surface area contributed by atoms with Crippen molar-refractivity contribution in [1.82, 2.24) is 19.9 Å². The summed E-state index contributed by atoms with van der Waals surface area (Å²) in [4.78, 5) is 11.6. The fourth-order valence-electron chi connectivity index (χ4n) is 4.85. The third kappa shape index (κ3) is 3.70. The van der Waals surface area contributed by atoms with Gasteiger partial charge in [-0.1, -0.05) is 24.3 Å². The van der Waals surface area contributed by atoms with E-state index in [1.165, 1.54) is 11.1 Å². The third-order valence-corrected chi connectivity index (χ3v) is 6.68. The van der Waals surface area contributed by atoms with Crippen LogP contribution < -0.4 is 10.2 Å². The van der Waals surface area contributed by atoms with Crippen molar-refractivity contribution >= 4 is 23.0 Å². The summed E-state index contributed by atoms with van der Waals surface area (Å²) < 4.78 is 2.25. The van der Waals surface area contributed by atoms with Gasteiger partial charge in [-0.3, -0.25) is 4.98 Å². The Kier molecular flexibility index (Phi) is 5.46. The van der Waals surface area contributed by atoms with E-state index < -0.39 is 0 Å². The molecule has 4 aromatic rings. The number of benzene rings is 1. The van der Waals surface area contributed by atoms with Crippen molar-refractivity contribution in [2.45, 2.75) is 39.8 Å². The lowest BCUT2D eigenvalue weighted by Gasteiger charge is -2.28. The van der Waals surface area contributed by atoms with Crippen LogP contribution in [0.2, 0.25) is 0 Å². The number of hydrogen-bond acceptors (Lipinski definition) is 3. The van der Waals surface area contributed by atoms with Gasteiger partial charge in [0.1, 0.15) is 5.82 Å². The minimum atomic E-state index is -0.0713. The van der Waals surface area contributed by atoms with Gasteiger partial charge in [0.05, 0.1) is 17.8 Å². The van der Waals surface area contributed by atoms with Crippen LogP contribution in [0.15, 0.2) is 73.1 Å². The van der Waals surface area contributed by atoms with E-state index in [9.17, 15) is 0 Å². The summed E-state index contributed by atoms with van der Waals surface area (Å²) in [5.41, 5.74) is 7.90. The number of rotatable bonds is 4. The Hall–Kier alpha value is -3.51. The Morgan fingerprint density at radius 1 is 0.879 bits per heavy atom. The van der Waals surface area contributed by atoms with Crippen LogP contribution in [0.5, 0.6) is 0 Å². The highest BCUT2D eigenvalue weighted by atomic mass is 32.1. The lowest BCUT2D eigenvalue weighted by Crippen LogP contribution is -2.29. The number of aromatic nitrogens is 3. The molecular weight excluding hydrogens is 426 g/mol. The molecule has 166 valence electrons. The van der Waals surface area contributed by atoms with E-state index >= 15 is 0 Å². The zero-order valence-corrected chi connectivity index (χ0v) is 20.1. The van der Waals surface area contributed by atoms with Crippen molar-refractivity contribution in [3.05, 3.63) is 107 Å². The molecule has 0 radical (unpaired) electrons. The lowest BCUT2D eigenvalue weighted by molar-refractivity contribution is 0.565. The minimum Gasteiger partial charge on any atom is -0.351 e. The van der Waals surface area contributed by atoms with Crippen LogP contribution >= 0.6 is 12.2 Å². The van der Waals surface area contributed by atoms with Crippen LogP contribution in [0.3, 0.4) is 0 Å². The van der Waals surface area contributed by atoms with Gasteiger partial charge in [-0.25, -0.2) is 4.98 Å². The topological polar surface area (TPSA) is 46.0 Å². The Bertz CT molecular complexity index is 1330. The average Bonchev–Trinajstić information content (AvgIpc) is 3.30.